The van der Waals surface area contributed by atoms with Crippen LogP contribution in [-0.4, -0.2) is 23.1 Å². The molecule has 100 valence electrons. The highest BCUT2D eigenvalue weighted by atomic mass is 16.5. The topological polar surface area (TPSA) is 48.3 Å². The van der Waals surface area contributed by atoms with Crippen molar-refractivity contribution < 1.29 is 14.3 Å². The summed E-state index contributed by atoms with van der Waals surface area (Å²) >= 11 is 0. The molecule has 0 aliphatic carbocycles. The molecule has 0 amide bonds. The molecule has 1 aromatic carbocycles. The van der Waals surface area contributed by atoms with Crippen molar-refractivity contribution in [3.05, 3.63) is 35.5 Å². The number of hydrogen-bond acceptors (Lipinski definition) is 3. The zero-order chi connectivity index (χ0) is 14.0. The van der Waals surface area contributed by atoms with E-state index in [1.807, 2.05) is 24.3 Å². The smallest absolute Gasteiger partial charge is 0.340 e. The van der Waals surface area contributed by atoms with Crippen LogP contribution in [0.3, 0.4) is 0 Å². The molecule has 0 saturated heterocycles. The summed E-state index contributed by atoms with van der Waals surface area (Å²) in [5, 5.41) is 0.764. The summed E-state index contributed by atoms with van der Waals surface area (Å²) in [6.45, 7) is 5.67. The number of benzene rings is 1. The molecule has 0 unspecified atom stereocenters. The Hall–Kier alpha value is -2.10. The molecule has 2 aromatic rings. The standard InChI is InChI=1S/C15H17NO3/c1-4-13(17)16-10(3)14(15(18)19-5-2)11-8-6-7-9-12(11)16/h6-9H,4-5H2,1-3H3. The lowest BCUT2D eigenvalue weighted by Gasteiger charge is -2.05. The summed E-state index contributed by atoms with van der Waals surface area (Å²) in [4.78, 5) is 24.1. The van der Waals surface area contributed by atoms with Gasteiger partial charge in [0.05, 0.1) is 17.7 Å². The van der Waals surface area contributed by atoms with E-state index in [2.05, 4.69) is 0 Å². The van der Waals surface area contributed by atoms with Crippen molar-refractivity contribution in [2.24, 2.45) is 0 Å². The van der Waals surface area contributed by atoms with Gasteiger partial charge in [-0.2, -0.15) is 0 Å². The quantitative estimate of drug-likeness (QED) is 0.795. The van der Waals surface area contributed by atoms with Gasteiger partial charge in [-0.3, -0.25) is 9.36 Å². The van der Waals surface area contributed by atoms with Gasteiger partial charge in [0.25, 0.3) is 0 Å². The minimum absolute atomic E-state index is 0.0238. The Morgan fingerprint density at radius 2 is 1.89 bits per heavy atom. The number of para-hydroxylation sites is 1. The molecule has 0 spiro atoms. The summed E-state index contributed by atoms with van der Waals surface area (Å²) in [5.41, 5.74) is 1.89. The van der Waals surface area contributed by atoms with Gasteiger partial charge in [-0.1, -0.05) is 25.1 Å². The summed E-state index contributed by atoms with van der Waals surface area (Å²) in [6.07, 6.45) is 0.391. The van der Waals surface area contributed by atoms with Crippen molar-refractivity contribution in [3.63, 3.8) is 0 Å². The fraction of sp³-hybridized carbons (Fsp3) is 0.333. The van der Waals surface area contributed by atoms with Crippen molar-refractivity contribution in [1.29, 1.82) is 0 Å². The molecule has 0 saturated carbocycles. The van der Waals surface area contributed by atoms with Gasteiger partial charge in [0.2, 0.25) is 5.91 Å². The number of esters is 1. The molecule has 1 heterocycles. The number of rotatable bonds is 3. The maximum Gasteiger partial charge on any atom is 0.340 e. The second kappa shape index (κ2) is 5.26. The maximum atomic E-state index is 12.1. The fourth-order valence-corrected chi connectivity index (χ4v) is 2.31. The van der Waals surface area contributed by atoms with Crippen LogP contribution in [0.4, 0.5) is 0 Å². The molecule has 19 heavy (non-hydrogen) atoms. The van der Waals surface area contributed by atoms with Crippen LogP contribution >= 0.6 is 0 Å². The Morgan fingerprint density at radius 3 is 2.53 bits per heavy atom. The summed E-state index contributed by atoms with van der Waals surface area (Å²) in [6, 6.07) is 7.40. The number of fused-ring (bicyclic) bond motifs is 1. The van der Waals surface area contributed by atoms with Gasteiger partial charge in [0, 0.05) is 17.5 Å². The van der Waals surface area contributed by atoms with E-state index in [0.717, 1.165) is 10.9 Å². The Kier molecular flexibility index (Phi) is 3.69. The van der Waals surface area contributed by atoms with Crippen LogP contribution in [0, 0.1) is 6.92 Å². The van der Waals surface area contributed by atoms with E-state index >= 15 is 0 Å². The molecule has 4 heteroatoms. The first-order valence-corrected chi connectivity index (χ1v) is 6.42. The summed E-state index contributed by atoms with van der Waals surface area (Å²) in [7, 11) is 0. The zero-order valence-electron chi connectivity index (χ0n) is 11.4. The predicted octanol–water partition coefficient (Wildman–Crippen LogP) is 3.18. The first-order valence-electron chi connectivity index (χ1n) is 6.42. The largest absolute Gasteiger partial charge is 0.462 e. The van der Waals surface area contributed by atoms with Gasteiger partial charge in [-0.15, -0.1) is 0 Å². The van der Waals surface area contributed by atoms with E-state index in [-0.39, 0.29) is 11.9 Å². The van der Waals surface area contributed by atoms with Crippen molar-refractivity contribution in [3.8, 4) is 0 Å². The highest BCUT2D eigenvalue weighted by Gasteiger charge is 2.22. The van der Waals surface area contributed by atoms with Gasteiger partial charge in [0.15, 0.2) is 0 Å². The summed E-state index contributed by atoms with van der Waals surface area (Å²) in [5.74, 6) is -0.400. The van der Waals surface area contributed by atoms with Gasteiger partial charge in [-0.25, -0.2) is 4.79 Å². The number of ether oxygens (including phenoxy) is 1. The van der Waals surface area contributed by atoms with Crippen molar-refractivity contribution >= 4 is 22.8 Å². The Morgan fingerprint density at radius 1 is 1.21 bits per heavy atom. The van der Waals surface area contributed by atoms with Crippen LogP contribution in [0.5, 0.6) is 0 Å². The average molecular weight is 259 g/mol. The van der Waals surface area contributed by atoms with Crippen molar-refractivity contribution in [2.45, 2.75) is 27.2 Å². The number of aromatic nitrogens is 1. The van der Waals surface area contributed by atoms with Crippen LogP contribution in [0.1, 0.15) is 41.1 Å². The van der Waals surface area contributed by atoms with Gasteiger partial charge >= 0.3 is 5.97 Å². The van der Waals surface area contributed by atoms with Crippen molar-refractivity contribution in [1.82, 2.24) is 4.57 Å². The van der Waals surface area contributed by atoms with Crippen LogP contribution in [0.15, 0.2) is 24.3 Å². The molecule has 0 bridgehead atoms. The highest BCUT2D eigenvalue weighted by molar-refractivity contribution is 6.09. The predicted molar refractivity (Wildman–Crippen MR) is 73.5 cm³/mol. The Labute approximate surface area is 112 Å². The number of carbonyl (C=O) groups excluding carboxylic acids is 2. The third-order valence-electron chi connectivity index (χ3n) is 3.14. The molecular weight excluding hydrogens is 242 g/mol. The molecular formula is C15H17NO3. The number of carbonyl (C=O) groups is 2. The maximum absolute atomic E-state index is 12.1. The van der Waals surface area contributed by atoms with E-state index < -0.39 is 0 Å². The summed E-state index contributed by atoms with van der Waals surface area (Å²) < 4.78 is 6.68. The average Bonchev–Trinajstić information content (AvgIpc) is 2.70. The van der Waals surface area contributed by atoms with E-state index in [4.69, 9.17) is 4.74 Å². The minimum atomic E-state index is -0.376. The first kappa shape index (κ1) is 13.3. The molecule has 1 aromatic heterocycles. The van der Waals surface area contributed by atoms with Crippen molar-refractivity contribution in [2.75, 3.05) is 6.61 Å². The lowest BCUT2D eigenvalue weighted by atomic mass is 10.1. The second-order valence-corrected chi connectivity index (χ2v) is 4.28. The van der Waals surface area contributed by atoms with Crippen LogP contribution in [0.25, 0.3) is 10.9 Å². The van der Waals surface area contributed by atoms with Gasteiger partial charge in [0.1, 0.15) is 0 Å². The Balaban J connectivity index is 2.74. The molecule has 0 aliphatic heterocycles. The minimum Gasteiger partial charge on any atom is -0.462 e. The van der Waals surface area contributed by atoms with Gasteiger partial charge < -0.3 is 4.74 Å². The molecule has 2 rings (SSSR count). The highest BCUT2D eigenvalue weighted by Crippen LogP contribution is 2.26. The van der Waals surface area contributed by atoms with Crippen LogP contribution in [-0.2, 0) is 4.74 Å². The van der Waals surface area contributed by atoms with Crippen LogP contribution < -0.4 is 0 Å². The molecule has 0 atom stereocenters. The SMILES string of the molecule is CCOC(=O)c1c(C)n(C(=O)CC)c2ccccc12. The van der Waals surface area contributed by atoms with E-state index in [9.17, 15) is 9.59 Å². The van der Waals surface area contributed by atoms with E-state index in [0.29, 0.717) is 24.3 Å². The molecule has 0 N–H and O–H groups in total. The number of hydrogen-bond donors (Lipinski definition) is 0. The lowest BCUT2D eigenvalue weighted by molar-refractivity contribution is 0.0527. The molecule has 4 nitrogen and oxygen atoms in total. The van der Waals surface area contributed by atoms with E-state index in [1.165, 1.54) is 0 Å². The Bertz CT molecular complexity index is 640. The fourth-order valence-electron chi connectivity index (χ4n) is 2.31. The molecule has 0 fully saturated rings. The normalized spacial score (nSPS) is 10.7. The first-order chi connectivity index (χ1) is 9.11. The molecule has 0 aliphatic rings. The number of nitrogens with zero attached hydrogens (tertiary/aromatic N) is 1. The van der Waals surface area contributed by atoms with Gasteiger partial charge in [-0.05, 0) is 19.9 Å². The third-order valence-corrected chi connectivity index (χ3v) is 3.14. The lowest BCUT2D eigenvalue weighted by Crippen LogP contribution is -2.12. The zero-order valence-corrected chi connectivity index (χ0v) is 11.4. The van der Waals surface area contributed by atoms with Crippen LogP contribution in [0.2, 0.25) is 0 Å². The third kappa shape index (κ3) is 2.14. The second-order valence-electron chi connectivity index (χ2n) is 4.28. The van der Waals surface area contributed by atoms with E-state index in [1.54, 1.807) is 25.3 Å². The molecule has 0 radical (unpaired) electrons. The monoisotopic (exact) mass is 259 g/mol.